The van der Waals surface area contributed by atoms with Gasteiger partial charge in [-0.1, -0.05) is 64.4 Å². The number of amides is 1. The minimum atomic E-state index is 0.229. The van der Waals surface area contributed by atoms with E-state index in [1.165, 1.54) is 24.8 Å². The lowest BCUT2D eigenvalue weighted by Gasteiger charge is -2.29. The van der Waals surface area contributed by atoms with Crippen LogP contribution in [0.2, 0.25) is 0 Å². The Hall–Kier alpha value is -1.31. The van der Waals surface area contributed by atoms with E-state index in [9.17, 15) is 4.79 Å². The molecule has 0 spiro atoms. The summed E-state index contributed by atoms with van der Waals surface area (Å²) in [6.45, 7) is 12.2. The Labute approximate surface area is 131 Å². The molecule has 1 aromatic rings. The Bertz CT molecular complexity index is 353. The molecule has 1 amide bonds. The first kappa shape index (κ1) is 19.7. The van der Waals surface area contributed by atoms with Gasteiger partial charge in [0.25, 0.3) is 0 Å². The minimum Gasteiger partial charge on any atom is -0.343 e. The number of benzene rings is 1. The first-order chi connectivity index (χ1) is 10.0. The van der Waals surface area contributed by atoms with Crippen molar-refractivity contribution >= 4 is 5.91 Å². The lowest BCUT2D eigenvalue weighted by Crippen LogP contribution is -2.36. The average molecular weight is 291 g/mol. The molecule has 1 aliphatic heterocycles. The molecule has 0 atom stereocenters. The molecule has 2 rings (SSSR count). The third-order valence-electron chi connectivity index (χ3n) is 3.48. The maximum absolute atomic E-state index is 10.8. The smallest absolute Gasteiger partial charge is 0.219 e. The van der Waals surface area contributed by atoms with E-state index in [1.807, 2.05) is 11.0 Å². The van der Waals surface area contributed by atoms with Crippen molar-refractivity contribution in [1.82, 2.24) is 4.90 Å². The van der Waals surface area contributed by atoms with Crippen LogP contribution in [0.1, 0.15) is 59.4 Å². The molecule has 2 heteroatoms. The van der Waals surface area contributed by atoms with Crippen molar-refractivity contribution in [3.05, 3.63) is 35.9 Å². The molecule has 0 aromatic heterocycles. The summed E-state index contributed by atoms with van der Waals surface area (Å²) >= 11 is 0. The Morgan fingerprint density at radius 1 is 1.10 bits per heavy atom. The molecule has 1 aromatic carbocycles. The summed E-state index contributed by atoms with van der Waals surface area (Å²) in [7, 11) is 0. The Balaban J connectivity index is 0.000000327. The van der Waals surface area contributed by atoms with Crippen LogP contribution in [0.4, 0.5) is 0 Å². The van der Waals surface area contributed by atoms with Crippen LogP contribution >= 0.6 is 0 Å². The predicted molar refractivity (Wildman–Crippen MR) is 92.4 cm³/mol. The molecule has 1 saturated heterocycles. The van der Waals surface area contributed by atoms with E-state index in [0.717, 1.165) is 25.4 Å². The summed E-state index contributed by atoms with van der Waals surface area (Å²) in [5.41, 5.74) is 1.41. The molecule has 0 aliphatic carbocycles. The Morgan fingerprint density at radius 2 is 1.57 bits per heavy atom. The number of piperidine rings is 1. The molecule has 21 heavy (non-hydrogen) atoms. The van der Waals surface area contributed by atoms with Crippen molar-refractivity contribution in [1.29, 1.82) is 0 Å². The lowest BCUT2D eigenvalue weighted by molar-refractivity contribution is -0.130. The third-order valence-corrected chi connectivity index (χ3v) is 3.48. The highest BCUT2D eigenvalue weighted by molar-refractivity contribution is 5.73. The SMILES string of the molecule is CC(=O)N1CCC(C)CC1.CCC.CCc1ccccc1. The lowest BCUT2D eigenvalue weighted by atomic mass is 9.99. The van der Waals surface area contributed by atoms with E-state index in [1.54, 1.807) is 6.92 Å². The fourth-order valence-corrected chi connectivity index (χ4v) is 2.04. The molecule has 120 valence electrons. The van der Waals surface area contributed by atoms with Gasteiger partial charge in [0.1, 0.15) is 0 Å². The topological polar surface area (TPSA) is 20.3 Å². The van der Waals surface area contributed by atoms with Gasteiger partial charge in [-0.15, -0.1) is 0 Å². The van der Waals surface area contributed by atoms with Crippen LogP contribution in [0.3, 0.4) is 0 Å². The highest BCUT2D eigenvalue weighted by Crippen LogP contribution is 2.15. The van der Waals surface area contributed by atoms with E-state index in [2.05, 4.69) is 52.0 Å². The number of likely N-dealkylation sites (tertiary alicyclic amines) is 1. The monoisotopic (exact) mass is 291 g/mol. The predicted octanol–water partition coefficient (Wildman–Crippen LogP) is 4.93. The van der Waals surface area contributed by atoms with Crippen LogP contribution in [0.25, 0.3) is 0 Å². The number of carbonyl (C=O) groups is 1. The zero-order valence-corrected chi connectivity index (χ0v) is 14.6. The summed E-state index contributed by atoms with van der Waals surface area (Å²) in [5, 5.41) is 0. The zero-order valence-electron chi connectivity index (χ0n) is 14.6. The molecule has 1 aliphatic rings. The summed E-state index contributed by atoms with van der Waals surface area (Å²) in [6.07, 6.45) is 4.75. The summed E-state index contributed by atoms with van der Waals surface area (Å²) in [6, 6.07) is 10.5. The van der Waals surface area contributed by atoms with Crippen LogP contribution in [-0.2, 0) is 11.2 Å². The molecule has 0 radical (unpaired) electrons. The number of hydrogen-bond acceptors (Lipinski definition) is 1. The highest BCUT2D eigenvalue weighted by atomic mass is 16.2. The molecule has 1 heterocycles. The second kappa shape index (κ2) is 12.4. The first-order valence-electron chi connectivity index (χ1n) is 8.34. The van der Waals surface area contributed by atoms with Gasteiger partial charge in [-0.3, -0.25) is 4.79 Å². The van der Waals surface area contributed by atoms with Crippen LogP contribution in [0.5, 0.6) is 0 Å². The van der Waals surface area contributed by atoms with Crippen molar-refractivity contribution in [2.24, 2.45) is 5.92 Å². The van der Waals surface area contributed by atoms with E-state index >= 15 is 0 Å². The molecule has 0 bridgehead atoms. The van der Waals surface area contributed by atoms with Gasteiger partial charge >= 0.3 is 0 Å². The Kier molecular flexibility index (Phi) is 11.7. The van der Waals surface area contributed by atoms with Crippen molar-refractivity contribution in [2.75, 3.05) is 13.1 Å². The molecule has 1 fully saturated rings. The van der Waals surface area contributed by atoms with Gasteiger partial charge in [0.15, 0.2) is 0 Å². The van der Waals surface area contributed by atoms with Gasteiger partial charge in [0.2, 0.25) is 5.91 Å². The van der Waals surface area contributed by atoms with E-state index in [0.29, 0.717) is 0 Å². The van der Waals surface area contributed by atoms with E-state index in [-0.39, 0.29) is 5.91 Å². The molecular formula is C19H33NO. The standard InChI is InChI=1S/C8H15NO.C8H10.C3H8/c1-7-3-5-9(6-4-7)8(2)10;1-2-8-6-4-3-5-7-8;1-3-2/h7H,3-6H2,1-2H3;3-7H,2H2,1H3;3H2,1-2H3. The Morgan fingerprint density at radius 3 is 1.90 bits per heavy atom. The van der Waals surface area contributed by atoms with Gasteiger partial charge in [-0.05, 0) is 30.7 Å². The molecule has 0 unspecified atom stereocenters. The normalized spacial score (nSPS) is 14.4. The maximum atomic E-state index is 10.8. The fraction of sp³-hybridized carbons (Fsp3) is 0.632. The second-order valence-corrected chi connectivity index (χ2v) is 5.73. The van der Waals surface area contributed by atoms with E-state index in [4.69, 9.17) is 0 Å². The minimum absolute atomic E-state index is 0.229. The molecule has 0 N–H and O–H groups in total. The summed E-state index contributed by atoms with van der Waals surface area (Å²) < 4.78 is 0. The van der Waals surface area contributed by atoms with Crippen LogP contribution in [0.15, 0.2) is 30.3 Å². The van der Waals surface area contributed by atoms with Crippen molar-refractivity contribution in [2.45, 2.75) is 60.3 Å². The van der Waals surface area contributed by atoms with E-state index < -0.39 is 0 Å². The van der Waals surface area contributed by atoms with Gasteiger partial charge in [0.05, 0.1) is 0 Å². The van der Waals surface area contributed by atoms with Gasteiger partial charge in [0, 0.05) is 20.0 Å². The molecular weight excluding hydrogens is 258 g/mol. The second-order valence-electron chi connectivity index (χ2n) is 5.73. The largest absolute Gasteiger partial charge is 0.343 e. The van der Waals surface area contributed by atoms with Crippen molar-refractivity contribution in [3.8, 4) is 0 Å². The summed E-state index contributed by atoms with van der Waals surface area (Å²) in [4.78, 5) is 12.8. The third kappa shape index (κ3) is 10.1. The van der Waals surface area contributed by atoms with Crippen LogP contribution in [-0.4, -0.2) is 23.9 Å². The number of hydrogen-bond donors (Lipinski definition) is 0. The van der Waals surface area contributed by atoms with Crippen molar-refractivity contribution < 1.29 is 4.79 Å². The average Bonchev–Trinajstić information content (AvgIpc) is 2.50. The number of carbonyl (C=O) groups excluding carboxylic acids is 1. The van der Waals surface area contributed by atoms with Crippen LogP contribution < -0.4 is 0 Å². The van der Waals surface area contributed by atoms with Gasteiger partial charge in [-0.2, -0.15) is 0 Å². The van der Waals surface area contributed by atoms with Crippen molar-refractivity contribution in [3.63, 3.8) is 0 Å². The quantitative estimate of drug-likeness (QED) is 0.718. The van der Waals surface area contributed by atoms with Gasteiger partial charge in [-0.25, -0.2) is 0 Å². The van der Waals surface area contributed by atoms with Gasteiger partial charge < -0.3 is 4.90 Å². The number of rotatable bonds is 1. The first-order valence-corrected chi connectivity index (χ1v) is 8.34. The molecule has 2 nitrogen and oxygen atoms in total. The fourth-order valence-electron chi connectivity index (χ4n) is 2.04. The number of nitrogens with zero attached hydrogens (tertiary/aromatic N) is 1. The summed E-state index contributed by atoms with van der Waals surface area (Å²) in [5.74, 6) is 1.04. The zero-order chi connectivity index (χ0) is 16.1. The highest BCUT2D eigenvalue weighted by Gasteiger charge is 2.16. The molecule has 0 saturated carbocycles. The number of aryl methyl sites for hydroxylation is 1. The maximum Gasteiger partial charge on any atom is 0.219 e. The van der Waals surface area contributed by atoms with Crippen LogP contribution in [0, 0.1) is 5.92 Å².